The second kappa shape index (κ2) is 4.74. The van der Waals surface area contributed by atoms with E-state index >= 15 is 0 Å². The first-order valence-electron chi connectivity index (χ1n) is 6.30. The van der Waals surface area contributed by atoms with Crippen molar-refractivity contribution >= 4 is 0 Å². The molecule has 1 atom stereocenters. The first-order valence-corrected chi connectivity index (χ1v) is 6.30. The molecule has 1 unspecified atom stereocenters. The Morgan fingerprint density at radius 2 is 2.29 bits per heavy atom. The summed E-state index contributed by atoms with van der Waals surface area (Å²) in [6.45, 7) is 9.82. The molecule has 0 radical (unpaired) electrons. The van der Waals surface area contributed by atoms with E-state index in [1.54, 1.807) is 6.33 Å². The highest BCUT2D eigenvalue weighted by atomic mass is 15.3. The van der Waals surface area contributed by atoms with Crippen LogP contribution in [0.15, 0.2) is 6.33 Å². The molecule has 1 N–H and O–H groups in total. The Balaban J connectivity index is 2.09. The van der Waals surface area contributed by atoms with Crippen molar-refractivity contribution in [2.24, 2.45) is 7.05 Å². The van der Waals surface area contributed by atoms with E-state index in [-0.39, 0.29) is 5.54 Å². The van der Waals surface area contributed by atoms with Crippen molar-refractivity contribution < 1.29 is 0 Å². The van der Waals surface area contributed by atoms with Gasteiger partial charge in [0.1, 0.15) is 12.2 Å². The summed E-state index contributed by atoms with van der Waals surface area (Å²) >= 11 is 0. The molecule has 17 heavy (non-hydrogen) atoms. The van der Waals surface area contributed by atoms with Gasteiger partial charge < -0.3 is 5.32 Å². The zero-order chi connectivity index (χ0) is 12.5. The van der Waals surface area contributed by atoms with Gasteiger partial charge in [-0.1, -0.05) is 0 Å². The molecule has 5 nitrogen and oxygen atoms in total. The molecule has 0 bridgehead atoms. The van der Waals surface area contributed by atoms with Crippen molar-refractivity contribution in [2.45, 2.75) is 45.3 Å². The van der Waals surface area contributed by atoms with Gasteiger partial charge in [0.2, 0.25) is 0 Å². The van der Waals surface area contributed by atoms with E-state index in [2.05, 4.69) is 41.1 Å². The Morgan fingerprint density at radius 1 is 1.53 bits per heavy atom. The van der Waals surface area contributed by atoms with Crippen LogP contribution in [0.4, 0.5) is 0 Å². The number of hydrogen-bond donors (Lipinski definition) is 1. The van der Waals surface area contributed by atoms with Crippen LogP contribution in [0.5, 0.6) is 0 Å². The van der Waals surface area contributed by atoms with E-state index in [0.717, 1.165) is 25.5 Å². The first-order chi connectivity index (χ1) is 7.98. The van der Waals surface area contributed by atoms with E-state index < -0.39 is 0 Å². The quantitative estimate of drug-likeness (QED) is 0.825. The van der Waals surface area contributed by atoms with Gasteiger partial charge in [-0.2, -0.15) is 5.10 Å². The van der Waals surface area contributed by atoms with Gasteiger partial charge in [-0.05, 0) is 33.7 Å². The molecule has 0 aromatic carbocycles. The van der Waals surface area contributed by atoms with Crippen molar-refractivity contribution in [3.8, 4) is 0 Å². The number of hydrogen-bond acceptors (Lipinski definition) is 4. The zero-order valence-electron chi connectivity index (χ0n) is 11.3. The van der Waals surface area contributed by atoms with Crippen molar-refractivity contribution in [3.05, 3.63) is 12.2 Å². The second-order valence-corrected chi connectivity index (χ2v) is 5.65. The molecule has 5 heteroatoms. The van der Waals surface area contributed by atoms with Crippen LogP contribution in [-0.2, 0) is 13.6 Å². The van der Waals surface area contributed by atoms with Crippen LogP contribution >= 0.6 is 0 Å². The topological polar surface area (TPSA) is 46.0 Å². The number of rotatable bonds is 2. The summed E-state index contributed by atoms with van der Waals surface area (Å²) in [4.78, 5) is 6.80. The smallest absolute Gasteiger partial charge is 0.140 e. The molecular weight excluding hydrogens is 214 g/mol. The highest BCUT2D eigenvalue weighted by molar-refractivity contribution is 4.91. The van der Waals surface area contributed by atoms with Crippen molar-refractivity contribution in [2.75, 3.05) is 13.1 Å². The highest BCUT2D eigenvalue weighted by Crippen LogP contribution is 2.17. The van der Waals surface area contributed by atoms with Crippen LogP contribution in [0.1, 0.15) is 33.0 Å². The molecule has 96 valence electrons. The minimum Gasteiger partial charge on any atom is -0.310 e. The van der Waals surface area contributed by atoms with Gasteiger partial charge in [-0.3, -0.25) is 9.58 Å². The van der Waals surface area contributed by atoms with E-state index in [1.807, 2.05) is 11.7 Å². The minimum absolute atomic E-state index is 0.170. The average molecular weight is 237 g/mol. The molecule has 1 saturated heterocycles. The molecular formula is C12H23N5. The van der Waals surface area contributed by atoms with E-state index in [9.17, 15) is 0 Å². The lowest BCUT2D eigenvalue weighted by Gasteiger charge is -2.32. The van der Waals surface area contributed by atoms with Crippen molar-refractivity contribution in [1.29, 1.82) is 0 Å². The van der Waals surface area contributed by atoms with Crippen molar-refractivity contribution in [1.82, 2.24) is 25.0 Å². The number of nitrogens with zero attached hydrogens (tertiary/aromatic N) is 4. The first kappa shape index (κ1) is 12.5. The van der Waals surface area contributed by atoms with Crippen LogP contribution in [0.25, 0.3) is 0 Å². The Morgan fingerprint density at radius 3 is 2.94 bits per heavy atom. The Bertz CT molecular complexity index is 371. The molecule has 0 spiro atoms. The molecule has 1 aromatic rings. The maximum atomic E-state index is 4.31. The third-order valence-corrected chi connectivity index (χ3v) is 3.54. The summed E-state index contributed by atoms with van der Waals surface area (Å²) in [5.41, 5.74) is 0.170. The summed E-state index contributed by atoms with van der Waals surface area (Å²) < 4.78 is 1.86. The highest BCUT2D eigenvalue weighted by Gasteiger charge is 2.28. The molecule has 1 aromatic heterocycles. The van der Waals surface area contributed by atoms with Crippen LogP contribution in [0.3, 0.4) is 0 Å². The lowest BCUT2D eigenvalue weighted by Crippen LogP contribution is -2.47. The summed E-state index contributed by atoms with van der Waals surface area (Å²) in [6, 6.07) is 0.584. The number of aromatic nitrogens is 3. The predicted octanol–water partition coefficient (Wildman–Crippen LogP) is 0.777. The van der Waals surface area contributed by atoms with Gasteiger partial charge in [0.25, 0.3) is 0 Å². The Labute approximate surface area is 103 Å². The average Bonchev–Trinajstić information content (AvgIpc) is 2.56. The maximum Gasteiger partial charge on any atom is 0.140 e. The van der Waals surface area contributed by atoms with E-state index in [0.29, 0.717) is 6.04 Å². The maximum absolute atomic E-state index is 4.31. The molecule has 1 fully saturated rings. The van der Waals surface area contributed by atoms with Crippen molar-refractivity contribution in [3.63, 3.8) is 0 Å². The van der Waals surface area contributed by atoms with Gasteiger partial charge in [0.05, 0.1) is 6.54 Å². The molecule has 2 heterocycles. The standard InChI is InChI=1S/C12H23N5/c1-10-5-6-14-12(2,3)8-17(10)7-11-13-9-15-16(11)4/h9-10,14H,5-8H2,1-4H3. The van der Waals surface area contributed by atoms with Crippen LogP contribution in [0, 0.1) is 0 Å². The van der Waals surface area contributed by atoms with Crippen LogP contribution in [0.2, 0.25) is 0 Å². The zero-order valence-corrected chi connectivity index (χ0v) is 11.3. The summed E-state index contributed by atoms with van der Waals surface area (Å²) in [5, 5.41) is 7.72. The Kier molecular flexibility index (Phi) is 3.49. The van der Waals surface area contributed by atoms with Gasteiger partial charge >= 0.3 is 0 Å². The lowest BCUT2D eigenvalue weighted by molar-refractivity contribution is 0.167. The fourth-order valence-corrected chi connectivity index (χ4v) is 2.38. The summed E-state index contributed by atoms with van der Waals surface area (Å²) in [6.07, 6.45) is 2.81. The SMILES string of the molecule is CC1CCNC(C)(C)CN1Cc1ncnn1C. The third kappa shape index (κ3) is 3.04. The minimum atomic E-state index is 0.170. The number of nitrogens with one attached hydrogen (secondary N) is 1. The molecule has 1 aliphatic rings. The Hall–Kier alpha value is -0.940. The predicted molar refractivity (Wildman–Crippen MR) is 67.6 cm³/mol. The van der Waals surface area contributed by atoms with Crippen LogP contribution < -0.4 is 5.32 Å². The fraction of sp³-hybridized carbons (Fsp3) is 0.833. The third-order valence-electron chi connectivity index (χ3n) is 3.54. The molecule has 1 aliphatic heterocycles. The summed E-state index contributed by atoms with van der Waals surface area (Å²) in [5.74, 6) is 1.04. The van der Waals surface area contributed by atoms with Gasteiger partial charge in [0.15, 0.2) is 0 Å². The van der Waals surface area contributed by atoms with Gasteiger partial charge in [-0.15, -0.1) is 0 Å². The summed E-state index contributed by atoms with van der Waals surface area (Å²) in [7, 11) is 1.95. The largest absolute Gasteiger partial charge is 0.310 e. The fourth-order valence-electron chi connectivity index (χ4n) is 2.38. The van der Waals surface area contributed by atoms with E-state index in [1.165, 1.54) is 6.42 Å². The van der Waals surface area contributed by atoms with E-state index in [4.69, 9.17) is 0 Å². The monoisotopic (exact) mass is 237 g/mol. The van der Waals surface area contributed by atoms with Gasteiger partial charge in [0, 0.05) is 25.2 Å². The number of aryl methyl sites for hydroxylation is 1. The molecule has 0 aliphatic carbocycles. The van der Waals surface area contributed by atoms with Gasteiger partial charge in [-0.25, -0.2) is 4.98 Å². The molecule has 0 saturated carbocycles. The second-order valence-electron chi connectivity index (χ2n) is 5.65. The normalized spacial score (nSPS) is 25.8. The molecule has 2 rings (SSSR count). The van der Waals surface area contributed by atoms with Crippen LogP contribution in [-0.4, -0.2) is 44.3 Å². The molecule has 0 amide bonds. The lowest BCUT2D eigenvalue weighted by atomic mass is 10.1.